The maximum Gasteiger partial charge on any atom is 0.123 e. The van der Waals surface area contributed by atoms with E-state index in [9.17, 15) is 0 Å². The van der Waals surface area contributed by atoms with Gasteiger partial charge in [-0.15, -0.1) is 0 Å². The highest BCUT2D eigenvalue weighted by molar-refractivity contribution is 7.99. The molecule has 0 spiro atoms. The summed E-state index contributed by atoms with van der Waals surface area (Å²) in [7, 11) is 1.70. The first kappa shape index (κ1) is 12.8. The Morgan fingerprint density at radius 3 is 2.76 bits per heavy atom. The van der Waals surface area contributed by atoms with Gasteiger partial charge < -0.3 is 10.5 Å². The van der Waals surface area contributed by atoms with E-state index in [2.05, 4.69) is 23.9 Å². The summed E-state index contributed by atoms with van der Waals surface area (Å²) < 4.78 is 5.28. The summed E-state index contributed by atoms with van der Waals surface area (Å²) in [5.41, 5.74) is 8.20. The average molecular weight is 251 g/mol. The lowest BCUT2D eigenvalue weighted by Gasteiger charge is -2.11. The molecule has 0 amide bonds. The van der Waals surface area contributed by atoms with Gasteiger partial charge in [0.1, 0.15) is 5.75 Å². The number of rotatable bonds is 5. The fourth-order valence-electron chi connectivity index (χ4n) is 2.35. The molecule has 0 atom stereocenters. The first-order chi connectivity index (χ1) is 8.33. The van der Waals surface area contributed by atoms with Crippen molar-refractivity contribution >= 4 is 11.8 Å². The van der Waals surface area contributed by atoms with Crippen molar-refractivity contribution in [3.05, 3.63) is 29.3 Å². The number of ether oxygens (including phenoxy) is 1. The minimum atomic E-state index is 0.547. The predicted octanol–water partition coefficient (Wildman–Crippen LogP) is 3.33. The van der Waals surface area contributed by atoms with Gasteiger partial charge in [-0.3, -0.25) is 0 Å². The topological polar surface area (TPSA) is 35.2 Å². The van der Waals surface area contributed by atoms with Gasteiger partial charge in [0.2, 0.25) is 0 Å². The van der Waals surface area contributed by atoms with Crippen LogP contribution in [0, 0.1) is 0 Å². The van der Waals surface area contributed by atoms with Crippen LogP contribution >= 0.6 is 11.8 Å². The second kappa shape index (κ2) is 6.31. The van der Waals surface area contributed by atoms with Crippen LogP contribution in [0.2, 0.25) is 0 Å². The van der Waals surface area contributed by atoms with Crippen LogP contribution < -0.4 is 10.5 Å². The van der Waals surface area contributed by atoms with Gasteiger partial charge in [-0.05, 0) is 30.5 Å². The Hall–Kier alpha value is -0.670. The molecular formula is C14H21NOS. The van der Waals surface area contributed by atoms with Gasteiger partial charge in [-0.2, -0.15) is 11.8 Å². The minimum absolute atomic E-state index is 0.547. The molecule has 0 aliphatic heterocycles. The maximum atomic E-state index is 5.73. The van der Waals surface area contributed by atoms with Gasteiger partial charge in [0.05, 0.1) is 7.11 Å². The molecule has 1 aliphatic carbocycles. The number of methoxy groups -OCH3 is 1. The standard InChI is InChI=1S/C14H21NOS/c1-16-14-7-6-11(8-12(14)9-15)10-17-13-4-2-3-5-13/h6-8,13H,2-5,9-10,15H2,1H3. The quantitative estimate of drug-likeness (QED) is 0.872. The second-order valence-corrected chi connectivity index (χ2v) is 5.86. The van der Waals surface area contributed by atoms with Crippen molar-refractivity contribution in [3.8, 4) is 5.75 Å². The molecule has 1 aromatic rings. The molecule has 0 unspecified atom stereocenters. The maximum absolute atomic E-state index is 5.73. The summed E-state index contributed by atoms with van der Waals surface area (Å²) in [4.78, 5) is 0. The molecule has 1 aromatic carbocycles. The van der Waals surface area contributed by atoms with Crippen LogP contribution in [0.15, 0.2) is 18.2 Å². The molecule has 1 aliphatic rings. The van der Waals surface area contributed by atoms with Crippen molar-refractivity contribution < 1.29 is 4.74 Å². The summed E-state index contributed by atoms with van der Waals surface area (Å²) >= 11 is 2.09. The number of benzene rings is 1. The third kappa shape index (κ3) is 3.39. The highest BCUT2D eigenvalue weighted by atomic mass is 32.2. The monoisotopic (exact) mass is 251 g/mol. The Kier molecular flexibility index (Phi) is 4.75. The zero-order valence-corrected chi connectivity index (χ0v) is 11.3. The first-order valence-corrected chi connectivity index (χ1v) is 7.36. The molecule has 0 heterocycles. The molecule has 94 valence electrons. The van der Waals surface area contributed by atoms with E-state index in [0.717, 1.165) is 22.3 Å². The normalized spacial score (nSPS) is 16.4. The van der Waals surface area contributed by atoms with E-state index in [0.29, 0.717) is 6.54 Å². The summed E-state index contributed by atoms with van der Waals surface area (Å²) in [5, 5.41) is 0.874. The number of nitrogens with two attached hydrogens (primary N) is 1. The highest BCUT2D eigenvalue weighted by Gasteiger charge is 2.15. The lowest BCUT2D eigenvalue weighted by atomic mass is 10.1. The Labute approximate surface area is 108 Å². The van der Waals surface area contributed by atoms with E-state index in [4.69, 9.17) is 10.5 Å². The molecule has 1 saturated carbocycles. The Balaban J connectivity index is 1.95. The Morgan fingerprint density at radius 2 is 2.12 bits per heavy atom. The fraction of sp³-hybridized carbons (Fsp3) is 0.571. The zero-order valence-electron chi connectivity index (χ0n) is 10.4. The highest BCUT2D eigenvalue weighted by Crippen LogP contribution is 2.32. The van der Waals surface area contributed by atoms with Crippen molar-refractivity contribution in [2.45, 2.75) is 43.2 Å². The van der Waals surface area contributed by atoms with E-state index in [1.165, 1.54) is 31.2 Å². The van der Waals surface area contributed by atoms with Gasteiger partial charge >= 0.3 is 0 Å². The SMILES string of the molecule is COc1ccc(CSC2CCCC2)cc1CN. The van der Waals surface area contributed by atoms with Gasteiger partial charge in [0.25, 0.3) is 0 Å². The van der Waals surface area contributed by atoms with Crippen molar-refractivity contribution in [1.29, 1.82) is 0 Å². The lowest BCUT2D eigenvalue weighted by molar-refractivity contribution is 0.409. The molecule has 2 nitrogen and oxygen atoms in total. The number of hydrogen-bond donors (Lipinski definition) is 1. The Bertz CT molecular complexity index is 361. The van der Waals surface area contributed by atoms with Crippen molar-refractivity contribution in [3.63, 3.8) is 0 Å². The number of thioether (sulfide) groups is 1. The van der Waals surface area contributed by atoms with Crippen molar-refractivity contribution in [2.75, 3.05) is 7.11 Å². The summed E-state index contributed by atoms with van der Waals surface area (Å²) in [6.45, 7) is 0.547. The molecule has 3 heteroatoms. The lowest BCUT2D eigenvalue weighted by Crippen LogP contribution is -2.01. The summed E-state index contributed by atoms with van der Waals surface area (Å²) in [5.74, 6) is 2.00. The molecule has 17 heavy (non-hydrogen) atoms. The van der Waals surface area contributed by atoms with Gasteiger partial charge in [0.15, 0.2) is 0 Å². The van der Waals surface area contributed by atoms with E-state index >= 15 is 0 Å². The summed E-state index contributed by atoms with van der Waals surface area (Å²) in [6, 6.07) is 6.37. The van der Waals surface area contributed by atoms with E-state index in [1.54, 1.807) is 7.11 Å². The number of hydrogen-bond acceptors (Lipinski definition) is 3. The smallest absolute Gasteiger partial charge is 0.123 e. The molecule has 0 saturated heterocycles. The van der Waals surface area contributed by atoms with Crippen LogP contribution in [0.3, 0.4) is 0 Å². The molecular weight excluding hydrogens is 230 g/mol. The van der Waals surface area contributed by atoms with Crippen LogP contribution in [0.4, 0.5) is 0 Å². The van der Waals surface area contributed by atoms with Crippen LogP contribution in [-0.2, 0) is 12.3 Å². The molecule has 0 radical (unpaired) electrons. The second-order valence-electron chi connectivity index (χ2n) is 4.57. The van der Waals surface area contributed by atoms with E-state index < -0.39 is 0 Å². The molecule has 0 bridgehead atoms. The average Bonchev–Trinajstić information content (AvgIpc) is 2.89. The summed E-state index contributed by atoms with van der Waals surface area (Å²) in [6.07, 6.45) is 5.61. The van der Waals surface area contributed by atoms with Gasteiger partial charge in [-0.25, -0.2) is 0 Å². The predicted molar refractivity (Wildman–Crippen MR) is 74.4 cm³/mol. The fourth-order valence-corrected chi connectivity index (χ4v) is 3.62. The third-order valence-corrected chi connectivity index (χ3v) is 4.80. The first-order valence-electron chi connectivity index (χ1n) is 6.31. The van der Waals surface area contributed by atoms with Gasteiger partial charge in [-0.1, -0.05) is 18.9 Å². The third-order valence-electron chi connectivity index (χ3n) is 3.35. The van der Waals surface area contributed by atoms with Crippen LogP contribution in [0.5, 0.6) is 5.75 Å². The van der Waals surface area contributed by atoms with Crippen molar-refractivity contribution in [1.82, 2.24) is 0 Å². The molecule has 2 rings (SSSR count). The molecule has 2 N–H and O–H groups in total. The van der Waals surface area contributed by atoms with Crippen LogP contribution in [-0.4, -0.2) is 12.4 Å². The van der Waals surface area contributed by atoms with E-state index in [-0.39, 0.29) is 0 Å². The Morgan fingerprint density at radius 1 is 1.35 bits per heavy atom. The zero-order chi connectivity index (χ0) is 12.1. The minimum Gasteiger partial charge on any atom is -0.496 e. The molecule has 0 aromatic heterocycles. The van der Waals surface area contributed by atoms with Crippen molar-refractivity contribution in [2.24, 2.45) is 5.73 Å². The van der Waals surface area contributed by atoms with E-state index in [1.807, 2.05) is 6.07 Å². The van der Waals surface area contributed by atoms with Crippen LogP contribution in [0.1, 0.15) is 36.8 Å². The van der Waals surface area contributed by atoms with Gasteiger partial charge in [0, 0.05) is 23.1 Å². The van der Waals surface area contributed by atoms with Crippen LogP contribution in [0.25, 0.3) is 0 Å². The molecule has 1 fully saturated rings. The largest absolute Gasteiger partial charge is 0.496 e.